The molecule has 0 spiro atoms. The molecule has 1 aliphatic heterocycles. The van der Waals surface area contributed by atoms with Gasteiger partial charge in [-0.1, -0.05) is 44.2 Å². The van der Waals surface area contributed by atoms with Gasteiger partial charge in [-0.25, -0.2) is 0 Å². The lowest BCUT2D eigenvalue weighted by Gasteiger charge is -2.38. The van der Waals surface area contributed by atoms with Crippen LogP contribution in [0.3, 0.4) is 0 Å². The molecule has 1 heterocycles. The molecule has 1 aliphatic rings. The summed E-state index contributed by atoms with van der Waals surface area (Å²) in [7, 11) is 0. The zero-order chi connectivity index (χ0) is 17.7. The smallest absolute Gasteiger partial charge is 0.237 e. The molecule has 2 amide bonds. The topological polar surface area (TPSA) is 52.7 Å². The number of carbonyl (C=O) groups is 2. The third kappa shape index (κ3) is 4.57. The van der Waals surface area contributed by atoms with Gasteiger partial charge in [-0.15, -0.1) is 0 Å². The van der Waals surface area contributed by atoms with E-state index in [1.165, 1.54) is 0 Å². The Labute approximate surface area is 145 Å². The van der Waals surface area contributed by atoms with Crippen LogP contribution in [0.4, 0.5) is 0 Å². The Hall–Kier alpha value is -1.88. The number of piperazine rings is 1. The highest BCUT2D eigenvalue weighted by molar-refractivity contribution is 5.82. The van der Waals surface area contributed by atoms with Crippen molar-refractivity contribution in [2.45, 2.75) is 39.8 Å². The van der Waals surface area contributed by atoms with Gasteiger partial charge in [0.1, 0.15) is 0 Å². The van der Waals surface area contributed by atoms with Crippen LogP contribution >= 0.6 is 0 Å². The molecule has 2 rings (SSSR count). The van der Waals surface area contributed by atoms with Crippen molar-refractivity contribution in [1.82, 2.24) is 15.1 Å². The number of hydrogen-bond donors (Lipinski definition) is 1. The third-order valence-corrected chi connectivity index (χ3v) is 4.71. The maximum atomic E-state index is 12.5. The van der Waals surface area contributed by atoms with Crippen molar-refractivity contribution in [3.8, 4) is 0 Å². The molecule has 5 heteroatoms. The van der Waals surface area contributed by atoms with E-state index in [9.17, 15) is 9.59 Å². The van der Waals surface area contributed by atoms with Crippen molar-refractivity contribution in [1.29, 1.82) is 0 Å². The fraction of sp³-hybridized carbons (Fsp3) is 0.579. The molecule has 0 saturated carbocycles. The molecule has 0 bridgehead atoms. The summed E-state index contributed by atoms with van der Waals surface area (Å²) in [6, 6.07) is 9.77. The number of carbonyl (C=O) groups excluding carboxylic acids is 2. The summed E-state index contributed by atoms with van der Waals surface area (Å²) in [6.45, 7) is 10.7. The predicted molar refractivity (Wildman–Crippen MR) is 95.5 cm³/mol. The second-order valence-corrected chi connectivity index (χ2v) is 6.83. The van der Waals surface area contributed by atoms with Crippen molar-refractivity contribution < 1.29 is 9.59 Å². The lowest BCUT2D eigenvalue weighted by Crippen LogP contribution is -2.55. The van der Waals surface area contributed by atoms with Crippen LogP contribution in [0, 0.1) is 5.92 Å². The first kappa shape index (κ1) is 18.5. The van der Waals surface area contributed by atoms with Crippen molar-refractivity contribution in [3.05, 3.63) is 35.9 Å². The number of hydrogen-bond acceptors (Lipinski definition) is 3. The molecule has 0 aliphatic carbocycles. The average molecular weight is 331 g/mol. The normalized spacial score (nSPS) is 18.3. The lowest BCUT2D eigenvalue weighted by molar-refractivity contribution is -0.137. The Morgan fingerprint density at radius 1 is 0.958 bits per heavy atom. The number of amides is 2. The summed E-state index contributed by atoms with van der Waals surface area (Å²) >= 11 is 0. The fourth-order valence-electron chi connectivity index (χ4n) is 3.02. The van der Waals surface area contributed by atoms with Gasteiger partial charge in [0.05, 0.1) is 12.1 Å². The molecule has 2 atom stereocenters. The number of benzene rings is 1. The summed E-state index contributed by atoms with van der Waals surface area (Å²) < 4.78 is 0. The monoisotopic (exact) mass is 331 g/mol. The van der Waals surface area contributed by atoms with Gasteiger partial charge in [-0.3, -0.25) is 14.5 Å². The van der Waals surface area contributed by atoms with E-state index in [1.54, 1.807) is 0 Å². The first-order valence-electron chi connectivity index (χ1n) is 8.78. The van der Waals surface area contributed by atoms with E-state index in [4.69, 9.17) is 0 Å². The Morgan fingerprint density at radius 3 is 2.08 bits per heavy atom. The minimum Gasteiger partial charge on any atom is -0.348 e. The molecule has 2 unspecified atom stereocenters. The highest BCUT2D eigenvalue weighted by Gasteiger charge is 2.28. The quantitative estimate of drug-likeness (QED) is 0.898. The zero-order valence-corrected chi connectivity index (χ0v) is 15.2. The lowest BCUT2D eigenvalue weighted by atomic mass is 10.1. The van der Waals surface area contributed by atoms with Crippen molar-refractivity contribution in [3.63, 3.8) is 0 Å². The molecule has 24 heavy (non-hydrogen) atoms. The van der Waals surface area contributed by atoms with Gasteiger partial charge in [-0.05, 0) is 19.4 Å². The van der Waals surface area contributed by atoms with Gasteiger partial charge >= 0.3 is 0 Å². The Kier molecular flexibility index (Phi) is 6.37. The molecule has 1 fully saturated rings. The second-order valence-electron chi connectivity index (χ2n) is 6.83. The van der Waals surface area contributed by atoms with Gasteiger partial charge in [0.15, 0.2) is 0 Å². The van der Waals surface area contributed by atoms with E-state index in [0.29, 0.717) is 13.1 Å². The summed E-state index contributed by atoms with van der Waals surface area (Å²) in [5, 5.41) is 3.08. The van der Waals surface area contributed by atoms with Gasteiger partial charge in [0.2, 0.25) is 11.8 Å². The van der Waals surface area contributed by atoms with Crippen LogP contribution in [-0.2, 0) is 9.59 Å². The van der Waals surface area contributed by atoms with E-state index >= 15 is 0 Å². The van der Waals surface area contributed by atoms with Gasteiger partial charge in [0, 0.05) is 32.1 Å². The Morgan fingerprint density at radius 2 is 1.54 bits per heavy atom. The number of nitrogens with one attached hydrogen (secondary N) is 1. The van der Waals surface area contributed by atoms with Crippen LogP contribution in [0.25, 0.3) is 0 Å². The molecule has 5 nitrogen and oxygen atoms in total. The molecule has 132 valence electrons. The maximum absolute atomic E-state index is 12.5. The van der Waals surface area contributed by atoms with Crippen molar-refractivity contribution in [2.24, 2.45) is 5.92 Å². The van der Waals surface area contributed by atoms with E-state index in [2.05, 4.69) is 10.2 Å². The van der Waals surface area contributed by atoms with Gasteiger partial charge < -0.3 is 10.2 Å². The van der Waals surface area contributed by atoms with Crippen LogP contribution in [-0.4, -0.2) is 53.8 Å². The first-order chi connectivity index (χ1) is 11.4. The molecule has 0 radical (unpaired) electrons. The minimum atomic E-state index is -0.188. The predicted octanol–water partition coefficient (Wildman–Crippen LogP) is 2.05. The van der Waals surface area contributed by atoms with Crippen molar-refractivity contribution >= 4 is 11.8 Å². The summed E-state index contributed by atoms with van der Waals surface area (Å²) in [4.78, 5) is 28.6. The van der Waals surface area contributed by atoms with E-state index in [-0.39, 0.29) is 29.8 Å². The van der Waals surface area contributed by atoms with Crippen molar-refractivity contribution in [2.75, 3.05) is 26.2 Å². The molecule has 1 aromatic rings. The zero-order valence-electron chi connectivity index (χ0n) is 15.2. The average Bonchev–Trinajstić information content (AvgIpc) is 2.61. The van der Waals surface area contributed by atoms with E-state index < -0.39 is 0 Å². The molecular formula is C19H29N3O2. The van der Waals surface area contributed by atoms with Crippen LogP contribution in [0.5, 0.6) is 0 Å². The molecule has 0 aromatic heterocycles. The first-order valence-corrected chi connectivity index (χ1v) is 8.78. The highest BCUT2D eigenvalue weighted by atomic mass is 16.2. The largest absolute Gasteiger partial charge is 0.348 e. The standard InChI is InChI=1S/C19H29N3O2/c1-14(2)19(24)22-12-10-21(11-13-22)16(4)18(23)20-15(3)17-8-6-5-7-9-17/h5-9,14-16H,10-13H2,1-4H3,(H,20,23). The SMILES string of the molecule is CC(C)C(=O)N1CCN(C(C)C(=O)NC(C)c2ccccc2)CC1. The molecule has 1 saturated heterocycles. The van der Waals surface area contributed by atoms with Crippen LogP contribution < -0.4 is 5.32 Å². The van der Waals surface area contributed by atoms with Gasteiger partial charge in [0.25, 0.3) is 0 Å². The number of nitrogens with zero attached hydrogens (tertiary/aromatic N) is 2. The van der Waals surface area contributed by atoms with Crippen LogP contribution in [0.1, 0.15) is 39.3 Å². The highest BCUT2D eigenvalue weighted by Crippen LogP contribution is 2.14. The summed E-state index contributed by atoms with van der Waals surface area (Å²) in [5.74, 6) is 0.267. The summed E-state index contributed by atoms with van der Waals surface area (Å²) in [6.07, 6.45) is 0. The minimum absolute atomic E-state index is 0.00930. The Balaban J connectivity index is 1.85. The van der Waals surface area contributed by atoms with E-state index in [1.807, 2.05) is 62.9 Å². The molecular weight excluding hydrogens is 302 g/mol. The van der Waals surface area contributed by atoms with Crippen LogP contribution in [0.2, 0.25) is 0 Å². The second kappa shape index (κ2) is 8.29. The molecule has 1 N–H and O–H groups in total. The summed E-state index contributed by atoms with van der Waals surface area (Å²) in [5.41, 5.74) is 1.10. The van der Waals surface area contributed by atoms with Crippen LogP contribution in [0.15, 0.2) is 30.3 Å². The Bertz CT molecular complexity index is 551. The molecule has 1 aromatic carbocycles. The third-order valence-electron chi connectivity index (χ3n) is 4.71. The fourth-order valence-corrected chi connectivity index (χ4v) is 3.02. The number of rotatable bonds is 5. The maximum Gasteiger partial charge on any atom is 0.237 e. The van der Waals surface area contributed by atoms with Gasteiger partial charge in [-0.2, -0.15) is 0 Å². The van der Waals surface area contributed by atoms with E-state index in [0.717, 1.165) is 18.7 Å².